The Morgan fingerprint density at radius 2 is 1.96 bits per heavy atom. The Morgan fingerprint density at radius 3 is 2.58 bits per heavy atom. The number of nitrogen functional groups attached to an aromatic ring is 1. The van der Waals surface area contributed by atoms with E-state index in [0.717, 1.165) is 0 Å². The Kier molecular flexibility index (Phi) is 4.85. The van der Waals surface area contributed by atoms with Gasteiger partial charge in [0.2, 0.25) is 17.6 Å². The van der Waals surface area contributed by atoms with Gasteiger partial charge in [0, 0.05) is 13.1 Å². The minimum atomic E-state index is -0.609. The van der Waals surface area contributed by atoms with Crippen LogP contribution in [-0.2, 0) is 4.74 Å². The molecule has 0 saturated carbocycles. The fraction of sp³-hybridized carbons (Fsp3) is 0.375. The van der Waals surface area contributed by atoms with Crippen molar-refractivity contribution in [1.29, 1.82) is 0 Å². The van der Waals surface area contributed by atoms with Gasteiger partial charge < -0.3 is 20.7 Å². The molecule has 2 heterocycles. The lowest BCUT2D eigenvalue weighted by atomic mass is 10.2. The lowest BCUT2D eigenvalue weighted by molar-refractivity contribution is -0.383. The van der Waals surface area contributed by atoms with Crippen LogP contribution in [0.1, 0.15) is 13.8 Å². The number of nitro groups is 1. The number of nitrogens with two attached hydrogens (primary N) is 1. The Bertz CT molecular complexity index is 824. The van der Waals surface area contributed by atoms with Gasteiger partial charge in [0.05, 0.1) is 22.8 Å². The van der Waals surface area contributed by atoms with Gasteiger partial charge in [0.15, 0.2) is 0 Å². The molecule has 2 atom stereocenters. The molecule has 26 heavy (non-hydrogen) atoms. The lowest BCUT2D eigenvalue weighted by Crippen LogP contribution is -2.46. The van der Waals surface area contributed by atoms with Gasteiger partial charge in [0.1, 0.15) is 5.82 Å². The summed E-state index contributed by atoms with van der Waals surface area (Å²) in [5, 5.41) is 14.2. The molecule has 138 valence electrons. The van der Waals surface area contributed by atoms with Crippen molar-refractivity contribution in [1.82, 2.24) is 9.97 Å². The van der Waals surface area contributed by atoms with Gasteiger partial charge in [-0.15, -0.1) is 0 Å². The van der Waals surface area contributed by atoms with Crippen LogP contribution in [-0.4, -0.2) is 40.2 Å². The average molecular weight is 362 g/mol. The first-order valence-corrected chi connectivity index (χ1v) is 8.09. The number of benzene rings is 1. The van der Waals surface area contributed by atoms with Crippen molar-refractivity contribution in [2.75, 3.05) is 29.0 Å². The molecule has 0 bridgehead atoms. The number of aromatic nitrogens is 2. The monoisotopic (exact) mass is 362 g/mol. The van der Waals surface area contributed by atoms with Crippen molar-refractivity contribution in [2.45, 2.75) is 26.1 Å². The Balaban J connectivity index is 2.02. The molecule has 9 nitrogen and oxygen atoms in total. The molecule has 0 aliphatic carbocycles. The molecule has 2 aromatic rings. The second kappa shape index (κ2) is 7.08. The van der Waals surface area contributed by atoms with Gasteiger partial charge in [-0.25, -0.2) is 4.39 Å². The predicted molar refractivity (Wildman–Crippen MR) is 95.0 cm³/mol. The second-order valence-electron chi connectivity index (χ2n) is 6.13. The summed E-state index contributed by atoms with van der Waals surface area (Å²) in [6.07, 6.45) is -0.255. The molecular weight excluding hydrogens is 343 g/mol. The van der Waals surface area contributed by atoms with Crippen LogP contribution in [0.15, 0.2) is 24.3 Å². The van der Waals surface area contributed by atoms with Crippen LogP contribution in [0.2, 0.25) is 0 Å². The molecule has 1 saturated heterocycles. The zero-order valence-electron chi connectivity index (χ0n) is 14.3. The minimum absolute atomic E-state index is 0.0139. The van der Waals surface area contributed by atoms with Gasteiger partial charge in [0.25, 0.3) is 0 Å². The summed E-state index contributed by atoms with van der Waals surface area (Å²) in [6, 6.07) is 5.98. The van der Waals surface area contributed by atoms with Crippen LogP contribution < -0.4 is 16.0 Å². The Labute approximate surface area is 149 Å². The number of nitrogens with one attached hydrogen (secondary N) is 1. The summed E-state index contributed by atoms with van der Waals surface area (Å²) in [5.74, 6) is -0.711. The van der Waals surface area contributed by atoms with E-state index in [9.17, 15) is 14.5 Å². The van der Waals surface area contributed by atoms with Crippen LogP contribution in [0.3, 0.4) is 0 Å². The number of hydrogen-bond donors (Lipinski definition) is 2. The van der Waals surface area contributed by atoms with E-state index in [0.29, 0.717) is 13.1 Å². The first-order chi connectivity index (χ1) is 12.3. The summed E-state index contributed by atoms with van der Waals surface area (Å²) >= 11 is 0. The standard InChI is InChI=1S/C16H19FN6O3/c1-9-7-22(8-10(2)26-9)15-13(23(24)25)14(18)20-16(21-15)19-12-6-4-3-5-11(12)17/h3-6,9-10H,7-8H2,1-2H3,(H3,18,19,20,21). The topological polar surface area (TPSA) is 119 Å². The van der Waals surface area contributed by atoms with Gasteiger partial charge in [-0.05, 0) is 26.0 Å². The zero-order valence-corrected chi connectivity index (χ0v) is 14.3. The van der Waals surface area contributed by atoms with Crippen molar-refractivity contribution < 1.29 is 14.1 Å². The van der Waals surface area contributed by atoms with Gasteiger partial charge >= 0.3 is 5.69 Å². The first-order valence-electron chi connectivity index (χ1n) is 8.09. The van der Waals surface area contributed by atoms with Crippen LogP contribution >= 0.6 is 0 Å². The first kappa shape index (κ1) is 17.8. The number of ether oxygens (including phenoxy) is 1. The summed E-state index contributed by atoms with van der Waals surface area (Å²) in [6.45, 7) is 4.58. The van der Waals surface area contributed by atoms with Crippen molar-refractivity contribution in [2.24, 2.45) is 0 Å². The Hall–Kier alpha value is -3.01. The SMILES string of the molecule is CC1CN(c2nc(Nc3ccccc3F)nc(N)c2[N+](=O)[O-])CC(C)O1. The Morgan fingerprint density at radius 1 is 1.31 bits per heavy atom. The maximum absolute atomic E-state index is 13.9. The summed E-state index contributed by atoms with van der Waals surface area (Å²) in [5.41, 5.74) is 5.58. The average Bonchev–Trinajstić information content (AvgIpc) is 2.55. The van der Waals surface area contributed by atoms with E-state index >= 15 is 0 Å². The highest BCUT2D eigenvalue weighted by atomic mass is 19.1. The third kappa shape index (κ3) is 3.64. The van der Waals surface area contributed by atoms with E-state index in [1.165, 1.54) is 12.1 Å². The number of hydrogen-bond acceptors (Lipinski definition) is 8. The van der Waals surface area contributed by atoms with Crippen LogP contribution in [0.5, 0.6) is 0 Å². The molecule has 0 radical (unpaired) electrons. The normalized spacial score (nSPS) is 20.0. The van der Waals surface area contributed by atoms with Crippen molar-refractivity contribution in [3.8, 4) is 0 Å². The molecule has 2 unspecified atom stereocenters. The summed E-state index contributed by atoms with van der Waals surface area (Å²) < 4.78 is 19.5. The molecule has 3 rings (SSSR count). The van der Waals surface area contributed by atoms with Crippen LogP contribution in [0.25, 0.3) is 0 Å². The van der Waals surface area contributed by atoms with E-state index in [1.54, 1.807) is 17.0 Å². The van der Waals surface area contributed by atoms with Crippen molar-refractivity contribution in [3.05, 3.63) is 40.2 Å². The highest BCUT2D eigenvalue weighted by Crippen LogP contribution is 2.34. The molecule has 0 spiro atoms. The molecule has 0 amide bonds. The third-order valence-electron chi connectivity index (χ3n) is 3.91. The highest BCUT2D eigenvalue weighted by Gasteiger charge is 2.32. The van der Waals surface area contributed by atoms with Crippen molar-refractivity contribution >= 4 is 29.0 Å². The summed E-state index contributed by atoms with van der Waals surface area (Å²) in [7, 11) is 0. The number of para-hydroxylation sites is 1. The molecule has 1 aromatic carbocycles. The molecular formula is C16H19FN6O3. The molecule has 10 heteroatoms. The van der Waals surface area contributed by atoms with E-state index < -0.39 is 10.7 Å². The van der Waals surface area contributed by atoms with E-state index in [4.69, 9.17) is 10.5 Å². The second-order valence-corrected chi connectivity index (χ2v) is 6.13. The summed E-state index contributed by atoms with van der Waals surface area (Å²) in [4.78, 5) is 20.8. The smallest absolute Gasteiger partial charge is 0.353 e. The number of anilines is 4. The quantitative estimate of drug-likeness (QED) is 0.629. The molecule has 1 aliphatic rings. The fourth-order valence-corrected chi connectivity index (χ4v) is 2.95. The van der Waals surface area contributed by atoms with Gasteiger partial charge in [-0.2, -0.15) is 9.97 Å². The number of morpholine rings is 1. The lowest BCUT2D eigenvalue weighted by Gasteiger charge is -2.35. The molecule has 3 N–H and O–H groups in total. The maximum atomic E-state index is 13.9. The third-order valence-corrected chi connectivity index (χ3v) is 3.91. The maximum Gasteiger partial charge on any atom is 0.353 e. The highest BCUT2D eigenvalue weighted by molar-refractivity contribution is 5.72. The van der Waals surface area contributed by atoms with E-state index in [2.05, 4.69) is 15.3 Å². The molecule has 1 aromatic heterocycles. The predicted octanol–water partition coefficient (Wildman–Crippen LogP) is 2.46. The molecule has 1 aliphatic heterocycles. The zero-order chi connectivity index (χ0) is 18.8. The van der Waals surface area contributed by atoms with E-state index in [-0.39, 0.29) is 41.2 Å². The van der Waals surface area contributed by atoms with Crippen LogP contribution in [0, 0.1) is 15.9 Å². The van der Waals surface area contributed by atoms with Gasteiger partial charge in [-0.1, -0.05) is 12.1 Å². The number of rotatable bonds is 4. The van der Waals surface area contributed by atoms with Gasteiger partial charge in [-0.3, -0.25) is 10.1 Å². The number of halogens is 1. The minimum Gasteiger partial charge on any atom is -0.378 e. The van der Waals surface area contributed by atoms with Crippen LogP contribution in [0.4, 0.5) is 33.3 Å². The van der Waals surface area contributed by atoms with Crippen molar-refractivity contribution in [3.63, 3.8) is 0 Å². The number of nitrogens with zero attached hydrogens (tertiary/aromatic N) is 4. The molecule has 1 fully saturated rings. The van der Waals surface area contributed by atoms with E-state index in [1.807, 2.05) is 13.8 Å². The fourth-order valence-electron chi connectivity index (χ4n) is 2.95. The largest absolute Gasteiger partial charge is 0.378 e.